The SMILES string of the molecule is COC(=O)c1oc(COC(=O)Cc2coc3cc(OC)ccc23)cc1C. The van der Waals surface area contributed by atoms with Crippen molar-refractivity contribution in [2.45, 2.75) is 20.0 Å². The number of hydrogen-bond donors (Lipinski definition) is 0. The van der Waals surface area contributed by atoms with Gasteiger partial charge in [0.15, 0.2) is 0 Å². The van der Waals surface area contributed by atoms with Crippen molar-refractivity contribution >= 4 is 22.9 Å². The molecular formula is C19H18O7. The Kier molecular flexibility index (Phi) is 4.97. The summed E-state index contributed by atoms with van der Waals surface area (Å²) < 4.78 is 25.8. The molecule has 0 bridgehead atoms. The summed E-state index contributed by atoms with van der Waals surface area (Å²) in [5.74, 6) is 0.152. The van der Waals surface area contributed by atoms with E-state index in [1.54, 1.807) is 32.2 Å². The fraction of sp³-hybridized carbons (Fsp3) is 0.263. The first-order valence-corrected chi connectivity index (χ1v) is 7.89. The van der Waals surface area contributed by atoms with Crippen LogP contribution in [0.1, 0.15) is 27.4 Å². The lowest BCUT2D eigenvalue weighted by Gasteiger charge is -2.02. The van der Waals surface area contributed by atoms with Crippen LogP contribution < -0.4 is 4.74 Å². The van der Waals surface area contributed by atoms with Crippen molar-refractivity contribution in [2.24, 2.45) is 0 Å². The minimum atomic E-state index is -0.569. The standard InChI is InChI=1S/C19H18O7/c1-11-6-14(26-18(11)19(21)23-3)10-25-17(20)7-12-9-24-16-8-13(22-2)4-5-15(12)16/h4-6,8-9H,7,10H2,1-3H3. The average Bonchev–Trinajstić information content (AvgIpc) is 3.22. The summed E-state index contributed by atoms with van der Waals surface area (Å²) in [6, 6.07) is 7.02. The van der Waals surface area contributed by atoms with E-state index in [0.29, 0.717) is 22.7 Å². The van der Waals surface area contributed by atoms with Crippen LogP contribution in [0.5, 0.6) is 5.75 Å². The number of carbonyl (C=O) groups excluding carboxylic acids is 2. The first-order chi connectivity index (χ1) is 12.5. The van der Waals surface area contributed by atoms with Gasteiger partial charge in [-0.05, 0) is 25.1 Å². The van der Waals surface area contributed by atoms with Crippen LogP contribution in [-0.4, -0.2) is 26.2 Å². The number of furan rings is 2. The number of aryl methyl sites for hydroxylation is 1. The average molecular weight is 358 g/mol. The summed E-state index contributed by atoms with van der Waals surface area (Å²) in [6.07, 6.45) is 1.58. The highest BCUT2D eigenvalue weighted by Gasteiger charge is 2.17. The van der Waals surface area contributed by atoms with Crippen molar-refractivity contribution in [2.75, 3.05) is 14.2 Å². The maximum Gasteiger partial charge on any atom is 0.374 e. The molecule has 26 heavy (non-hydrogen) atoms. The quantitative estimate of drug-likeness (QED) is 0.624. The zero-order valence-corrected chi connectivity index (χ0v) is 14.7. The molecule has 0 saturated heterocycles. The molecule has 0 spiro atoms. The Morgan fingerprint density at radius 1 is 1.15 bits per heavy atom. The predicted octanol–water partition coefficient (Wildman–Crippen LogP) is 3.42. The minimum absolute atomic E-state index is 0.0584. The van der Waals surface area contributed by atoms with Crippen molar-refractivity contribution in [3.05, 3.63) is 53.2 Å². The van der Waals surface area contributed by atoms with E-state index >= 15 is 0 Å². The number of hydrogen-bond acceptors (Lipinski definition) is 7. The summed E-state index contributed by atoms with van der Waals surface area (Å²) in [4.78, 5) is 23.6. The third-order valence-corrected chi connectivity index (χ3v) is 3.91. The highest BCUT2D eigenvalue weighted by atomic mass is 16.6. The number of rotatable bonds is 6. The topological polar surface area (TPSA) is 88.1 Å². The molecular weight excluding hydrogens is 340 g/mol. The summed E-state index contributed by atoms with van der Waals surface area (Å²) in [7, 11) is 2.85. The molecule has 3 aromatic rings. The zero-order chi connectivity index (χ0) is 18.7. The van der Waals surface area contributed by atoms with E-state index in [1.807, 2.05) is 6.07 Å². The Bertz CT molecular complexity index is 948. The lowest BCUT2D eigenvalue weighted by atomic mass is 10.1. The second-order valence-electron chi connectivity index (χ2n) is 5.68. The molecule has 0 fully saturated rings. The number of esters is 2. The summed E-state index contributed by atoms with van der Waals surface area (Å²) in [6.45, 7) is 1.65. The first kappa shape index (κ1) is 17.6. The third kappa shape index (κ3) is 3.56. The first-order valence-electron chi connectivity index (χ1n) is 7.89. The van der Waals surface area contributed by atoms with Gasteiger partial charge in [-0.1, -0.05) is 0 Å². The van der Waals surface area contributed by atoms with E-state index in [2.05, 4.69) is 4.74 Å². The molecule has 0 aliphatic carbocycles. The molecule has 0 amide bonds. The van der Waals surface area contributed by atoms with Crippen LogP contribution in [0.4, 0.5) is 0 Å². The van der Waals surface area contributed by atoms with Gasteiger partial charge in [-0.15, -0.1) is 0 Å². The maximum atomic E-state index is 12.1. The smallest absolute Gasteiger partial charge is 0.374 e. The predicted molar refractivity (Wildman–Crippen MR) is 91.1 cm³/mol. The highest BCUT2D eigenvalue weighted by molar-refractivity contribution is 5.88. The molecule has 0 radical (unpaired) electrons. The molecule has 7 heteroatoms. The normalized spacial score (nSPS) is 10.7. The van der Waals surface area contributed by atoms with Crippen LogP contribution in [0.15, 0.2) is 39.4 Å². The van der Waals surface area contributed by atoms with E-state index in [-0.39, 0.29) is 18.8 Å². The van der Waals surface area contributed by atoms with Crippen molar-refractivity contribution in [1.82, 2.24) is 0 Å². The molecule has 1 aromatic carbocycles. The van der Waals surface area contributed by atoms with Gasteiger partial charge in [0.25, 0.3) is 0 Å². The van der Waals surface area contributed by atoms with Gasteiger partial charge < -0.3 is 23.0 Å². The molecule has 0 aliphatic rings. The summed E-state index contributed by atoms with van der Waals surface area (Å²) >= 11 is 0. The van der Waals surface area contributed by atoms with Gasteiger partial charge in [0.1, 0.15) is 23.7 Å². The molecule has 2 heterocycles. The van der Waals surface area contributed by atoms with E-state index in [1.165, 1.54) is 13.4 Å². The van der Waals surface area contributed by atoms with E-state index in [9.17, 15) is 9.59 Å². The van der Waals surface area contributed by atoms with Crippen molar-refractivity contribution in [3.63, 3.8) is 0 Å². The summed E-state index contributed by atoms with van der Waals surface area (Å²) in [5, 5.41) is 0.824. The molecule has 0 aliphatic heterocycles. The molecule has 0 unspecified atom stereocenters. The van der Waals surface area contributed by atoms with Gasteiger partial charge in [-0.3, -0.25) is 4.79 Å². The van der Waals surface area contributed by atoms with Crippen LogP contribution >= 0.6 is 0 Å². The Morgan fingerprint density at radius 3 is 2.69 bits per heavy atom. The number of methoxy groups -OCH3 is 2. The number of ether oxygens (including phenoxy) is 3. The highest BCUT2D eigenvalue weighted by Crippen LogP contribution is 2.26. The van der Waals surface area contributed by atoms with Crippen LogP contribution in [0.2, 0.25) is 0 Å². The lowest BCUT2D eigenvalue weighted by molar-refractivity contribution is -0.144. The number of benzene rings is 1. The Labute approximate surface area is 149 Å². The van der Waals surface area contributed by atoms with Crippen molar-refractivity contribution in [1.29, 1.82) is 0 Å². The van der Waals surface area contributed by atoms with Gasteiger partial charge in [0.2, 0.25) is 5.76 Å². The fourth-order valence-electron chi connectivity index (χ4n) is 2.60. The second kappa shape index (κ2) is 7.35. The zero-order valence-electron chi connectivity index (χ0n) is 14.7. The maximum absolute atomic E-state index is 12.1. The van der Waals surface area contributed by atoms with Crippen LogP contribution in [-0.2, 0) is 27.3 Å². The van der Waals surface area contributed by atoms with Gasteiger partial charge in [0, 0.05) is 22.6 Å². The van der Waals surface area contributed by atoms with E-state index in [0.717, 1.165) is 10.9 Å². The molecule has 0 atom stereocenters. The monoisotopic (exact) mass is 358 g/mol. The molecule has 7 nitrogen and oxygen atoms in total. The Morgan fingerprint density at radius 2 is 1.96 bits per heavy atom. The number of fused-ring (bicyclic) bond motifs is 1. The van der Waals surface area contributed by atoms with E-state index in [4.69, 9.17) is 18.3 Å². The largest absolute Gasteiger partial charge is 0.497 e. The van der Waals surface area contributed by atoms with Crippen LogP contribution in [0, 0.1) is 6.92 Å². The molecule has 0 saturated carbocycles. The van der Waals surface area contributed by atoms with E-state index < -0.39 is 11.9 Å². The number of carbonyl (C=O) groups is 2. The lowest BCUT2D eigenvalue weighted by Crippen LogP contribution is -2.07. The van der Waals surface area contributed by atoms with Crippen molar-refractivity contribution in [3.8, 4) is 5.75 Å². The van der Waals surface area contributed by atoms with Crippen molar-refractivity contribution < 1.29 is 32.6 Å². The van der Waals surface area contributed by atoms with Crippen LogP contribution in [0.25, 0.3) is 11.0 Å². The summed E-state index contributed by atoms with van der Waals surface area (Å²) in [5.41, 5.74) is 1.98. The molecule has 0 N–H and O–H groups in total. The van der Waals surface area contributed by atoms with Gasteiger partial charge in [-0.25, -0.2) is 4.79 Å². The molecule has 136 valence electrons. The van der Waals surface area contributed by atoms with Gasteiger partial charge in [0.05, 0.1) is 26.9 Å². The van der Waals surface area contributed by atoms with Gasteiger partial charge in [-0.2, -0.15) is 0 Å². The Balaban J connectivity index is 1.64. The van der Waals surface area contributed by atoms with Gasteiger partial charge >= 0.3 is 11.9 Å². The molecule has 2 aromatic heterocycles. The second-order valence-corrected chi connectivity index (χ2v) is 5.68. The fourth-order valence-corrected chi connectivity index (χ4v) is 2.60. The third-order valence-electron chi connectivity index (χ3n) is 3.91. The molecule has 3 rings (SSSR count). The van der Waals surface area contributed by atoms with Crippen LogP contribution in [0.3, 0.4) is 0 Å². The minimum Gasteiger partial charge on any atom is -0.497 e. The Hall–Kier alpha value is -3.22.